The maximum absolute atomic E-state index is 12.8. The molecular formula is C17H25F3N4O. The van der Waals surface area contributed by atoms with E-state index in [4.69, 9.17) is 0 Å². The highest BCUT2D eigenvalue weighted by Crippen LogP contribution is 2.39. The molecule has 0 unspecified atom stereocenters. The van der Waals surface area contributed by atoms with Crippen molar-refractivity contribution in [3.05, 3.63) is 18.0 Å². The van der Waals surface area contributed by atoms with Crippen LogP contribution in [0, 0.1) is 11.8 Å². The second-order valence-corrected chi connectivity index (χ2v) is 7.36. The molecule has 5 nitrogen and oxygen atoms in total. The zero-order chi connectivity index (χ0) is 18.2. The van der Waals surface area contributed by atoms with Gasteiger partial charge >= 0.3 is 6.18 Å². The van der Waals surface area contributed by atoms with Crippen LogP contribution in [0.1, 0.15) is 43.7 Å². The summed E-state index contributed by atoms with van der Waals surface area (Å²) in [6, 6.07) is 0.0781. The van der Waals surface area contributed by atoms with Gasteiger partial charge in [0.2, 0.25) is 5.91 Å². The minimum Gasteiger partial charge on any atom is -0.338 e. The Morgan fingerprint density at radius 3 is 2.48 bits per heavy atom. The molecule has 1 saturated heterocycles. The summed E-state index contributed by atoms with van der Waals surface area (Å²) in [5.74, 6) is -0.948. The van der Waals surface area contributed by atoms with E-state index in [2.05, 4.69) is 10.4 Å². The van der Waals surface area contributed by atoms with E-state index in [1.54, 1.807) is 22.8 Å². The van der Waals surface area contributed by atoms with E-state index in [9.17, 15) is 18.0 Å². The van der Waals surface area contributed by atoms with Gasteiger partial charge in [0.05, 0.1) is 18.2 Å². The molecule has 0 bridgehead atoms. The molecule has 140 valence electrons. The highest BCUT2D eigenvalue weighted by atomic mass is 19.4. The SMILES string of the molecule is CN1C(=O)C[C@@H](CNC2CCC(C(F)(F)F)CC2)[C@@H]1c1cnn(C)c1. The summed E-state index contributed by atoms with van der Waals surface area (Å²) in [6.45, 7) is 0.636. The van der Waals surface area contributed by atoms with Crippen molar-refractivity contribution in [3.63, 3.8) is 0 Å². The number of halogens is 3. The molecule has 1 N–H and O–H groups in total. The first-order valence-corrected chi connectivity index (χ1v) is 8.80. The van der Waals surface area contributed by atoms with Crippen LogP contribution < -0.4 is 5.32 Å². The zero-order valence-corrected chi connectivity index (χ0v) is 14.6. The summed E-state index contributed by atoms with van der Waals surface area (Å²) >= 11 is 0. The van der Waals surface area contributed by atoms with Crippen LogP contribution >= 0.6 is 0 Å². The summed E-state index contributed by atoms with van der Waals surface area (Å²) in [7, 11) is 3.64. The topological polar surface area (TPSA) is 50.2 Å². The Morgan fingerprint density at radius 2 is 1.92 bits per heavy atom. The van der Waals surface area contributed by atoms with Gasteiger partial charge in [-0.3, -0.25) is 9.48 Å². The number of hydrogen-bond donors (Lipinski definition) is 1. The molecule has 0 radical (unpaired) electrons. The molecule has 2 heterocycles. The molecule has 0 aromatic carbocycles. The molecule has 1 aliphatic heterocycles. The fourth-order valence-electron chi connectivity index (χ4n) is 4.17. The largest absolute Gasteiger partial charge is 0.391 e. The fourth-order valence-corrected chi connectivity index (χ4v) is 4.17. The van der Waals surface area contributed by atoms with E-state index in [1.165, 1.54) is 0 Å². The summed E-state index contributed by atoms with van der Waals surface area (Å²) < 4.78 is 40.0. The second-order valence-electron chi connectivity index (χ2n) is 7.36. The third kappa shape index (κ3) is 3.99. The Hall–Kier alpha value is -1.57. The highest BCUT2D eigenvalue weighted by Gasteiger charge is 2.42. The monoisotopic (exact) mass is 358 g/mol. The first-order valence-electron chi connectivity index (χ1n) is 8.80. The molecule has 1 aliphatic carbocycles. The molecule has 1 amide bonds. The van der Waals surface area contributed by atoms with Crippen LogP contribution in [0.3, 0.4) is 0 Å². The summed E-state index contributed by atoms with van der Waals surface area (Å²) in [5.41, 5.74) is 1.00. The van der Waals surface area contributed by atoms with E-state index in [0.717, 1.165) is 5.56 Å². The van der Waals surface area contributed by atoms with Gasteiger partial charge in [-0.15, -0.1) is 0 Å². The first kappa shape index (κ1) is 18.2. The molecule has 2 atom stereocenters. The lowest BCUT2D eigenvalue weighted by Crippen LogP contribution is -2.39. The van der Waals surface area contributed by atoms with Crippen molar-refractivity contribution in [2.24, 2.45) is 18.9 Å². The number of likely N-dealkylation sites (tertiary alicyclic amines) is 1. The quantitative estimate of drug-likeness (QED) is 0.900. The smallest absolute Gasteiger partial charge is 0.338 e. The summed E-state index contributed by atoms with van der Waals surface area (Å²) in [4.78, 5) is 13.9. The number of carbonyl (C=O) groups is 1. The fraction of sp³-hybridized carbons (Fsp3) is 0.765. The molecule has 1 aromatic heterocycles. The molecule has 2 aliphatic rings. The van der Waals surface area contributed by atoms with Crippen LogP contribution in [0.25, 0.3) is 0 Å². The number of carbonyl (C=O) groups excluding carboxylic acids is 1. The Labute approximate surface area is 145 Å². The summed E-state index contributed by atoms with van der Waals surface area (Å²) in [6.07, 6.45) is 1.55. The second kappa shape index (κ2) is 6.97. The van der Waals surface area contributed by atoms with Crippen LogP contribution in [0.2, 0.25) is 0 Å². The van der Waals surface area contributed by atoms with Gasteiger partial charge in [0.25, 0.3) is 0 Å². The molecular weight excluding hydrogens is 333 g/mol. The van der Waals surface area contributed by atoms with Crippen molar-refractivity contribution < 1.29 is 18.0 Å². The van der Waals surface area contributed by atoms with Crippen molar-refractivity contribution in [2.75, 3.05) is 13.6 Å². The van der Waals surface area contributed by atoms with Gasteiger partial charge < -0.3 is 10.2 Å². The highest BCUT2D eigenvalue weighted by molar-refractivity contribution is 5.79. The van der Waals surface area contributed by atoms with Gasteiger partial charge in [-0.25, -0.2) is 0 Å². The third-order valence-electron chi connectivity index (χ3n) is 5.62. The van der Waals surface area contributed by atoms with Gasteiger partial charge in [-0.1, -0.05) is 0 Å². The van der Waals surface area contributed by atoms with Crippen LogP contribution in [0.15, 0.2) is 12.4 Å². The van der Waals surface area contributed by atoms with Crippen LogP contribution in [0.4, 0.5) is 13.2 Å². The van der Waals surface area contributed by atoms with E-state index < -0.39 is 12.1 Å². The number of aromatic nitrogens is 2. The minimum absolute atomic E-state index is 0.0276. The van der Waals surface area contributed by atoms with Crippen molar-refractivity contribution in [1.29, 1.82) is 0 Å². The number of nitrogens with one attached hydrogen (secondary N) is 1. The van der Waals surface area contributed by atoms with Crippen molar-refractivity contribution in [2.45, 2.75) is 50.4 Å². The predicted octanol–water partition coefficient (Wildman–Crippen LogP) is 2.65. The number of hydrogen-bond acceptors (Lipinski definition) is 3. The molecule has 8 heteroatoms. The standard InChI is InChI=1S/C17H25F3N4O/c1-23-10-12(9-22-23)16-11(7-15(25)24(16)2)8-21-14-5-3-13(4-6-14)17(18,19)20/h9-11,13-14,16,21H,3-8H2,1-2H3/t11-,13?,14?,16+/m0/s1. The Kier molecular flexibility index (Phi) is 5.09. The van der Waals surface area contributed by atoms with Crippen molar-refractivity contribution >= 4 is 5.91 Å². The predicted molar refractivity (Wildman–Crippen MR) is 86.6 cm³/mol. The number of rotatable bonds is 4. The van der Waals surface area contributed by atoms with E-state index in [-0.39, 0.29) is 36.8 Å². The molecule has 1 saturated carbocycles. The average Bonchev–Trinajstić information content (AvgIpc) is 3.09. The Balaban J connectivity index is 1.56. The van der Waals surface area contributed by atoms with Gasteiger partial charge in [0.1, 0.15) is 0 Å². The van der Waals surface area contributed by atoms with Crippen molar-refractivity contribution in [3.8, 4) is 0 Å². The van der Waals surface area contributed by atoms with Gasteiger partial charge in [0.15, 0.2) is 0 Å². The molecule has 2 fully saturated rings. The average molecular weight is 358 g/mol. The molecule has 25 heavy (non-hydrogen) atoms. The molecule has 0 spiro atoms. The Bertz CT molecular complexity index is 607. The van der Waals surface area contributed by atoms with Crippen LogP contribution in [0.5, 0.6) is 0 Å². The lowest BCUT2D eigenvalue weighted by Gasteiger charge is -2.32. The zero-order valence-electron chi connectivity index (χ0n) is 14.6. The van der Waals surface area contributed by atoms with Gasteiger partial charge in [-0.05, 0) is 25.7 Å². The number of amides is 1. The lowest BCUT2D eigenvalue weighted by atomic mass is 9.85. The summed E-state index contributed by atoms with van der Waals surface area (Å²) in [5, 5.41) is 7.60. The molecule has 1 aromatic rings. The van der Waals surface area contributed by atoms with Gasteiger partial charge in [-0.2, -0.15) is 18.3 Å². The Morgan fingerprint density at radius 1 is 1.24 bits per heavy atom. The number of aryl methyl sites for hydroxylation is 1. The third-order valence-corrected chi connectivity index (χ3v) is 5.62. The van der Waals surface area contributed by atoms with E-state index in [0.29, 0.717) is 25.8 Å². The van der Waals surface area contributed by atoms with E-state index >= 15 is 0 Å². The first-order chi connectivity index (χ1) is 11.8. The van der Waals surface area contributed by atoms with Crippen LogP contribution in [-0.4, -0.2) is 46.4 Å². The number of alkyl halides is 3. The maximum atomic E-state index is 12.8. The number of nitrogens with zero attached hydrogens (tertiary/aromatic N) is 3. The maximum Gasteiger partial charge on any atom is 0.391 e. The lowest BCUT2D eigenvalue weighted by molar-refractivity contribution is -0.182. The van der Waals surface area contributed by atoms with Gasteiger partial charge in [0, 0.05) is 50.8 Å². The van der Waals surface area contributed by atoms with Crippen molar-refractivity contribution in [1.82, 2.24) is 20.0 Å². The molecule has 3 rings (SSSR count). The minimum atomic E-state index is -4.07. The van der Waals surface area contributed by atoms with Crippen LogP contribution in [-0.2, 0) is 11.8 Å². The van der Waals surface area contributed by atoms with E-state index in [1.807, 2.05) is 13.2 Å². The normalized spacial score (nSPS) is 30.9.